The van der Waals surface area contributed by atoms with E-state index in [1.807, 2.05) is 6.92 Å². The number of hydrogen-bond acceptors (Lipinski definition) is 4. The number of hydrogen-bond donors (Lipinski definition) is 2. The van der Waals surface area contributed by atoms with Crippen molar-refractivity contribution < 1.29 is 19.7 Å². The summed E-state index contributed by atoms with van der Waals surface area (Å²) in [5, 5.41) is 19.2. The maximum absolute atomic E-state index is 11.9. The summed E-state index contributed by atoms with van der Waals surface area (Å²) in [7, 11) is 0. The number of aliphatic hydroxyl groups is 1. The summed E-state index contributed by atoms with van der Waals surface area (Å²) >= 11 is 0. The predicted molar refractivity (Wildman–Crippen MR) is 72.2 cm³/mol. The Hall–Kier alpha value is -1.75. The van der Waals surface area contributed by atoms with Gasteiger partial charge in [0.1, 0.15) is 0 Å². The van der Waals surface area contributed by atoms with Gasteiger partial charge in [-0.15, -0.1) is 0 Å². The van der Waals surface area contributed by atoms with E-state index in [9.17, 15) is 15.0 Å². The topological polar surface area (TPSA) is 70.0 Å². The van der Waals surface area contributed by atoms with Crippen molar-refractivity contribution in [2.75, 3.05) is 19.7 Å². The lowest BCUT2D eigenvalue weighted by molar-refractivity contribution is -0.136. The Kier molecular flexibility index (Phi) is 5.18. The monoisotopic (exact) mass is 267 g/mol. The van der Waals surface area contributed by atoms with Gasteiger partial charge < -0.3 is 19.8 Å². The molecule has 0 aliphatic heterocycles. The van der Waals surface area contributed by atoms with Crippen LogP contribution in [0.25, 0.3) is 0 Å². The van der Waals surface area contributed by atoms with E-state index in [-0.39, 0.29) is 30.6 Å². The van der Waals surface area contributed by atoms with Crippen molar-refractivity contribution in [3.05, 3.63) is 24.3 Å². The molecule has 0 bridgehead atoms. The van der Waals surface area contributed by atoms with Crippen LogP contribution in [0.2, 0.25) is 0 Å². The maximum Gasteiger partial charge on any atom is 0.260 e. The summed E-state index contributed by atoms with van der Waals surface area (Å²) in [6, 6.07) is 6.48. The van der Waals surface area contributed by atoms with Crippen molar-refractivity contribution in [2.24, 2.45) is 0 Å². The van der Waals surface area contributed by atoms with E-state index in [2.05, 4.69) is 0 Å². The number of ether oxygens (including phenoxy) is 1. The molecule has 0 spiro atoms. The molecular formula is C14H21NO4. The molecule has 0 heterocycles. The van der Waals surface area contributed by atoms with E-state index < -0.39 is 5.60 Å². The van der Waals surface area contributed by atoms with Crippen molar-refractivity contribution in [1.82, 2.24) is 4.90 Å². The van der Waals surface area contributed by atoms with Crippen molar-refractivity contribution in [3.8, 4) is 11.5 Å². The van der Waals surface area contributed by atoms with E-state index in [1.165, 1.54) is 11.0 Å². The Labute approximate surface area is 113 Å². The highest BCUT2D eigenvalue weighted by Crippen LogP contribution is 2.24. The maximum atomic E-state index is 11.9. The van der Waals surface area contributed by atoms with Crippen LogP contribution in [0.3, 0.4) is 0 Å². The summed E-state index contributed by atoms with van der Waals surface area (Å²) in [6.45, 7) is 5.70. The van der Waals surface area contributed by atoms with E-state index in [0.717, 1.165) is 0 Å². The van der Waals surface area contributed by atoms with Crippen LogP contribution in [0.1, 0.15) is 20.8 Å². The van der Waals surface area contributed by atoms with Crippen LogP contribution < -0.4 is 4.74 Å². The average Bonchev–Trinajstić information content (AvgIpc) is 2.33. The Morgan fingerprint density at radius 1 is 1.37 bits per heavy atom. The van der Waals surface area contributed by atoms with Gasteiger partial charge in [0.25, 0.3) is 5.91 Å². The summed E-state index contributed by atoms with van der Waals surface area (Å²) < 4.78 is 5.27. The van der Waals surface area contributed by atoms with Crippen LogP contribution in [0.15, 0.2) is 24.3 Å². The highest BCUT2D eigenvalue weighted by Gasteiger charge is 2.21. The molecule has 1 aromatic rings. The third kappa shape index (κ3) is 5.18. The summed E-state index contributed by atoms with van der Waals surface area (Å²) in [4.78, 5) is 13.5. The van der Waals surface area contributed by atoms with Crippen molar-refractivity contribution in [1.29, 1.82) is 0 Å². The van der Waals surface area contributed by atoms with Crippen molar-refractivity contribution in [2.45, 2.75) is 26.4 Å². The van der Waals surface area contributed by atoms with E-state index >= 15 is 0 Å². The molecule has 0 radical (unpaired) electrons. The third-order valence-electron chi connectivity index (χ3n) is 2.53. The van der Waals surface area contributed by atoms with Gasteiger partial charge in [0.05, 0.1) is 5.60 Å². The molecule has 0 atom stereocenters. The largest absolute Gasteiger partial charge is 0.504 e. The van der Waals surface area contributed by atoms with Gasteiger partial charge in [0.2, 0.25) is 0 Å². The molecule has 1 amide bonds. The number of rotatable bonds is 6. The number of para-hydroxylation sites is 2. The van der Waals surface area contributed by atoms with Gasteiger partial charge in [-0.3, -0.25) is 4.79 Å². The van der Waals surface area contributed by atoms with Crippen LogP contribution in [0.5, 0.6) is 11.5 Å². The van der Waals surface area contributed by atoms with Gasteiger partial charge in [0, 0.05) is 13.1 Å². The second-order valence-electron chi connectivity index (χ2n) is 4.98. The minimum Gasteiger partial charge on any atom is -0.504 e. The predicted octanol–water partition coefficient (Wildman–Crippen LogP) is 1.39. The molecule has 0 unspecified atom stereocenters. The molecule has 0 saturated heterocycles. The first-order valence-corrected chi connectivity index (χ1v) is 6.24. The van der Waals surface area contributed by atoms with Crippen LogP contribution >= 0.6 is 0 Å². The number of phenols is 1. The quantitative estimate of drug-likeness (QED) is 0.817. The zero-order chi connectivity index (χ0) is 14.5. The molecule has 0 aliphatic carbocycles. The van der Waals surface area contributed by atoms with E-state index in [4.69, 9.17) is 4.74 Å². The Morgan fingerprint density at radius 3 is 2.53 bits per heavy atom. The molecule has 5 nitrogen and oxygen atoms in total. The Morgan fingerprint density at radius 2 is 2.00 bits per heavy atom. The SMILES string of the molecule is CCN(CC(C)(C)O)C(=O)COc1ccccc1O. The van der Waals surface area contributed by atoms with Gasteiger partial charge in [0.15, 0.2) is 18.1 Å². The first kappa shape index (κ1) is 15.3. The second kappa shape index (κ2) is 6.43. The number of nitrogens with zero attached hydrogens (tertiary/aromatic N) is 1. The van der Waals surface area contributed by atoms with Gasteiger partial charge in [-0.1, -0.05) is 12.1 Å². The standard InChI is InChI=1S/C14H21NO4/c1-4-15(10-14(2,3)18)13(17)9-19-12-8-6-5-7-11(12)16/h5-8,16,18H,4,9-10H2,1-3H3. The fraction of sp³-hybridized carbons (Fsp3) is 0.500. The Bertz CT molecular complexity index is 426. The van der Waals surface area contributed by atoms with E-state index in [1.54, 1.807) is 32.0 Å². The molecule has 5 heteroatoms. The normalized spacial score (nSPS) is 11.2. The minimum absolute atomic E-state index is 0.000775. The lowest BCUT2D eigenvalue weighted by atomic mass is 10.1. The molecule has 0 fully saturated rings. The van der Waals surface area contributed by atoms with E-state index in [0.29, 0.717) is 6.54 Å². The smallest absolute Gasteiger partial charge is 0.260 e. The molecule has 19 heavy (non-hydrogen) atoms. The van der Waals surface area contributed by atoms with Crippen LogP contribution in [0, 0.1) is 0 Å². The van der Waals surface area contributed by atoms with Gasteiger partial charge in [-0.05, 0) is 32.9 Å². The second-order valence-corrected chi connectivity index (χ2v) is 4.98. The highest BCUT2D eigenvalue weighted by molar-refractivity contribution is 5.77. The highest BCUT2D eigenvalue weighted by atomic mass is 16.5. The molecule has 0 aliphatic rings. The van der Waals surface area contributed by atoms with Gasteiger partial charge in [-0.25, -0.2) is 0 Å². The average molecular weight is 267 g/mol. The van der Waals surface area contributed by atoms with Crippen LogP contribution in [-0.4, -0.2) is 46.3 Å². The number of carbonyl (C=O) groups is 1. The first-order chi connectivity index (χ1) is 8.83. The zero-order valence-corrected chi connectivity index (χ0v) is 11.6. The fourth-order valence-electron chi connectivity index (χ4n) is 1.65. The zero-order valence-electron chi connectivity index (χ0n) is 11.6. The van der Waals surface area contributed by atoms with Crippen LogP contribution in [-0.2, 0) is 4.79 Å². The third-order valence-corrected chi connectivity index (χ3v) is 2.53. The number of aromatic hydroxyl groups is 1. The number of amides is 1. The molecule has 1 rings (SSSR count). The minimum atomic E-state index is -0.944. The van der Waals surface area contributed by atoms with Gasteiger partial charge >= 0.3 is 0 Å². The number of benzene rings is 1. The number of likely N-dealkylation sites (N-methyl/N-ethyl adjacent to an activating group) is 1. The molecular weight excluding hydrogens is 246 g/mol. The van der Waals surface area contributed by atoms with Crippen molar-refractivity contribution in [3.63, 3.8) is 0 Å². The molecule has 0 saturated carbocycles. The molecule has 1 aromatic carbocycles. The lowest BCUT2D eigenvalue weighted by Crippen LogP contribution is -2.44. The number of phenolic OH excluding ortho intramolecular Hbond substituents is 1. The van der Waals surface area contributed by atoms with Gasteiger partial charge in [-0.2, -0.15) is 0 Å². The van der Waals surface area contributed by atoms with Crippen molar-refractivity contribution >= 4 is 5.91 Å². The molecule has 2 N–H and O–H groups in total. The first-order valence-electron chi connectivity index (χ1n) is 6.24. The fourth-order valence-corrected chi connectivity index (χ4v) is 1.65. The molecule has 106 valence electrons. The lowest BCUT2D eigenvalue weighted by Gasteiger charge is -2.28. The van der Waals surface area contributed by atoms with Crippen LogP contribution in [0.4, 0.5) is 0 Å². The number of carbonyl (C=O) groups excluding carboxylic acids is 1. The summed E-state index contributed by atoms with van der Waals surface area (Å²) in [6.07, 6.45) is 0. The Balaban J connectivity index is 2.57. The molecule has 0 aromatic heterocycles. The summed E-state index contributed by atoms with van der Waals surface area (Å²) in [5.74, 6) is 0.0453. The summed E-state index contributed by atoms with van der Waals surface area (Å²) in [5.41, 5.74) is -0.944.